The zero-order valence-corrected chi connectivity index (χ0v) is 17.5. The lowest BCUT2D eigenvalue weighted by molar-refractivity contribution is 0.0720. The molecule has 2 aromatic rings. The topological polar surface area (TPSA) is 59.3 Å². The molecule has 162 valence electrons. The second kappa shape index (κ2) is 9.08. The van der Waals surface area contributed by atoms with Gasteiger partial charge in [0.1, 0.15) is 5.82 Å². The van der Waals surface area contributed by atoms with E-state index in [1.807, 2.05) is 16.8 Å². The van der Waals surface area contributed by atoms with Crippen LogP contribution in [0, 0.1) is 5.82 Å². The van der Waals surface area contributed by atoms with Gasteiger partial charge in [-0.25, -0.2) is 9.07 Å². The Kier molecular flexibility index (Phi) is 6.06. The van der Waals surface area contributed by atoms with Gasteiger partial charge in [0.15, 0.2) is 5.82 Å². The van der Waals surface area contributed by atoms with E-state index in [9.17, 15) is 4.39 Å². The highest BCUT2D eigenvalue weighted by Crippen LogP contribution is 2.31. The summed E-state index contributed by atoms with van der Waals surface area (Å²) in [6, 6.07) is 7.48. The molecule has 2 aliphatic heterocycles. The third kappa shape index (κ3) is 4.26. The summed E-state index contributed by atoms with van der Waals surface area (Å²) in [5, 5.41) is 12.7. The molecule has 1 aromatic heterocycles. The summed E-state index contributed by atoms with van der Waals surface area (Å²) in [5.74, 6) is 0.605. The van der Waals surface area contributed by atoms with Gasteiger partial charge in [0.25, 0.3) is 0 Å². The zero-order valence-electron chi connectivity index (χ0n) is 17.5. The first-order valence-corrected chi connectivity index (χ1v) is 11.4. The molecule has 1 saturated carbocycles. The van der Waals surface area contributed by atoms with Crippen LogP contribution >= 0.6 is 0 Å². The third-order valence-electron chi connectivity index (χ3n) is 6.95. The highest BCUT2D eigenvalue weighted by molar-refractivity contribution is 5.25. The van der Waals surface area contributed by atoms with E-state index in [1.165, 1.54) is 37.8 Å². The SMILES string of the molecule is Fc1ccc(C(c2nnnn2CC2CCCO2)N2CCN(C3CCCC3)CC2)cc1. The molecule has 30 heavy (non-hydrogen) atoms. The number of hydrogen-bond donors (Lipinski definition) is 0. The smallest absolute Gasteiger partial charge is 0.173 e. The van der Waals surface area contributed by atoms with Crippen LogP contribution < -0.4 is 0 Å². The summed E-state index contributed by atoms with van der Waals surface area (Å²) in [7, 11) is 0. The van der Waals surface area contributed by atoms with Gasteiger partial charge in [0.2, 0.25) is 0 Å². The zero-order chi connectivity index (χ0) is 20.3. The Bertz CT molecular complexity index is 807. The minimum absolute atomic E-state index is 0.0762. The van der Waals surface area contributed by atoms with E-state index >= 15 is 0 Å². The predicted molar refractivity (Wildman–Crippen MR) is 110 cm³/mol. The average Bonchev–Trinajstić information content (AvgIpc) is 3.54. The summed E-state index contributed by atoms with van der Waals surface area (Å²) in [4.78, 5) is 5.11. The van der Waals surface area contributed by atoms with Gasteiger partial charge in [-0.05, 0) is 53.8 Å². The second-order valence-electron chi connectivity index (χ2n) is 8.82. The Labute approximate surface area is 177 Å². The average molecular weight is 415 g/mol. The fraction of sp³-hybridized carbons (Fsp3) is 0.682. The van der Waals surface area contributed by atoms with Crippen LogP contribution in [0.2, 0.25) is 0 Å². The number of rotatable bonds is 6. The van der Waals surface area contributed by atoms with Crippen LogP contribution in [0.3, 0.4) is 0 Å². The number of halogens is 1. The Morgan fingerprint density at radius 3 is 2.47 bits per heavy atom. The minimum atomic E-state index is -0.220. The first kappa shape index (κ1) is 20.0. The summed E-state index contributed by atoms with van der Waals surface area (Å²) >= 11 is 0. The molecular formula is C22H31FN6O. The van der Waals surface area contributed by atoms with Gasteiger partial charge in [0.05, 0.1) is 18.7 Å². The Hall–Kier alpha value is -1.90. The summed E-state index contributed by atoms with van der Waals surface area (Å²) in [5.41, 5.74) is 1.04. The third-order valence-corrected chi connectivity index (χ3v) is 6.95. The van der Waals surface area contributed by atoms with E-state index in [0.717, 1.165) is 63.1 Å². The van der Waals surface area contributed by atoms with Crippen molar-refractivity contribution in [3.8, 4) is 0 Å². The Morgan fingerprint density at radius 2 is 1.77 bits per heavy atom. The van der Waals surface area contributed by atoms with Gasteiger partial charge in [-0.15, -0.1) is 5.10 Å². The van der Waals surface area contributed by atoms with Gasteiger partial charge in [0, 0.05) is 38.8 Å². The molecule has 2 unspecified atom stereocenters. The lowest BCUT2D eigenvalue weighted by Gasteiger charge is -2.41. The number of hydrogen-bond acceptors (Lipinski definition) is 6. The Balaban J connectivity index is 1.38. The van der Waals surface area contributed by atoms with Crippen molar-refractivity contribution in [3.05, 3.63) is 41.5 Å². The fourth-order valence-electron chi connectivity index (χ4n) is 5.32. The first-order valence-electron chi connectivity index (χ1n) is 11.4. The maximum atomic E-state index is 13.6. The normalized spacial score (nSPS) is 25.2. The van der Waals surface area contributed by atoms with E-state index in [2.05, 4.69) is 25.3 Å². The molecule has 3 fully saturated rings. The van der Waals surface area contributed by atoms with E-state index in [1.54, 1.807) is 0 Å². The highest BCUT2D eigenvalue weighted by Gasteiger charge is 2.33. The van der Waals surface area contributed by atoms with Gasteiger partial charge >= 0.3 is 0 Å². The van der Waals surface area contributed by atoms with Crippen molar-refractivity contribution in [1.29, 1.82) is 0 Å². The molecule has 2 saturated heterocycles. The van der Waals surface area contributed by atoms with E-state index < -0.39 is 0 Å². The van der Waals surface area contributed by atoms with E-state index in [-0.39, 0.29) is 18.0 Å². The predicted octanol–water partition coefficient (Wildman–Crippen LogP) is 2.64. The number of nitrogens with zero attached hydrogens (tertiary/aromatic N) is 6. The number of aromatic nitrogens is 4. The van der Waals surface area contributed by atoms with E-state index in [4.69, 9.17) is 4.74 Å². The molecule has 2 atom stereocenters. The van der Waals surface area contributed by atoms with Crippen molar-refractivity contribution in [2.24, 2.45) is 0 Å². The molecule has 8 heteroatoms. The molecule has 3 aliphatic rings. The number of piperazine rings is 1. The molecule has 0 bridgehead atoms. The number of tetrazole rings is 1. The van der Waals surface area contributed by atoms with Gasteiger partial charge in [-0.3, -0.25) is 9.80 Å². The molecule has 5 rings (SSSR count). The standard InChI is InChI=1S/C22H31FN6O/c23-18-9-7-17(8-10-18)21(22-24-25-26-29(22)16-20-6-3-15-30-20)28-13-11-27(12-14-28)19-4-1-2-5-19/h7-10,19-21H,1-6,11-16H2. The largest absolute Gasteiger partial charge is 0.376 e. The monoisotopic (exact) mass is 414 g/mol. The van der Waals surface area contributed by atoms with Crippen molar-refractivity contribution >= 4 is 0 Å². The van der Waals surface area contributed by atoms with Crippen LogP contribution in [0.4, 0.5) is 4.39 Å². The molecule has 0 radical (unpaired) electrons. The molecule has 1 aliphatic carbocycles. The van der Waals surface area contributed by atoms with Gasteiger partial charge in [-0.2, -0.15) is 0 Å². The fourth-order valence-corrected chi connectivity index (χ4v) is 5.32. The van der Waals surface area contributed by atoms with Crippen LogP contribution in [0.15, 0.2) is 24.3 Å². The van der Waals surface area contributed by atoms with Crippen LogP contribution in [0.1, 0.15) is 56.0 Å². The highest BCUT2D eigenvalue weighted by atomic mass is 19.1. The van der Waals surface area contributed by atoms with Crippen LogP contribution in [0.25, 0.3) is 0 Å². The summed E-state index contributed by atoms with van der Waals surface area (Å²) in [6.07, 6.45) is 7.69. The lowest BCUT2D eigenvalue weighted by Crippen LogP contribution is -2.51. The molecule has 0 N–H and O–H groups in total. The first-order chi connectivity index (χ1) is 14.8. The molecule has 0 amide bonds. The van der Waals surface area contributed by atoms with E-state index in [0.29, 0.717) is 6.54 Å². The lowest BCUT2D eigenvalue weighted by atomic mass is 10.0. The van der Waals surface area contributed by atoms with Crippen molar-refractivity contribution in [2.75, 3.05) is 32.8 Å². The molecule has 7 nitrogen and oxygen atoms in total. The van der Waals surface area contributed by atoms with Gasteiger partial charge < -0.3 is 4.74 Å². The second-order valence-corrected chi connectivity index (χ2v) is 8.82. The van der Waals surface area contributed by atoms with Crippen molar-refractivity contribution in [2.45, 2.75) is 63.3 Å². The molecular weight excluding hydrogens is 383 g/mol. The number of ether oxygens (including phenoxy) is 1. The van der Waals surface area contributed by atoms with Crippen LogP contribution in [-0.4, -0.2) is 74.9 Å². The molecule has 0 spiro atoms. The van der Waals surface area contributed by atoms with Crippen LogP contribution in [0.5, 0.6) is 0 Å². The maximum absolute atomic E-state index is 13.6. The number of benzene rings is 1. The van der Waals surface area contributed by atoms with Crippen molar-refractivity contribution in [3.63, 3.8) is 0 Å². The van der Waals surface area contributed by atoms with Crippen LogP contribution in [-0.2, 0) is 11.3 Å². The summed E-state index contributed by atoms with van der Waals surface area (Å²) < 4.78 is 21.3. The minimum Gasteiger partial charge on any atom is -0.376 e. The molecule has 1 aromatic carbocycles. The quantitative estimate of drug-likeness (QED) is 0.724. The maximum Gasteiger partial charge on any atom is 0.173 e. The Morgan fingerprint density at radius 1 is 1.00 bits per heavy atom. The molecule has 3 heterocycles. The summed E-state index contributed by atoms with van der Waals surface area (Å²) in [6.45, 7) is 5.54. The van der Waals surface area contributed by atoms with Crippen molar-refractivity contribution < 1.29 is 9.13 Å². The van der Waals surface area contributed by atoms with Crippen molar-refractivity contribution in [1.82, 2.24) is 30.0 Å². The van der Waals surface area contributed by atoms with Gasteiger partial charge in [-0.1, -0.05) is 25.0 Å².